The molecule has 0 aliphatic heterocycles. The summed E-state index contributed by atoms with van der Waals surface area (Å²) in [5.41, 5.74) is 0.588. The first kappa shape index (κ1) is 17.5. The lowest BCUT2D eigenvalue weighted by Gasteiger charge is -2.32. The van der Waals surface area contributed by atoms with Gasteiger partial charge in [-0.05, 0) is 47.1 Å². The van der Waals surface area contributed by atoms with E-state index in [9.17, 15) is 9.90 Å². The molecular weight excluding hydrogens is 266 g/mol. The summed E-state index contributed by atoms with van der Waals surface area (Å²) >= 11 is 0. The van der Waals surface area contributed by atoms with Crippen molar-refractivity contribution in [2.45, 2.75) is 65.2 Å². The summed E-state index contributed by atoms with van der Waals surface area (Å²) in [7, 11) is 0. The first-order valence-corrected chi connectivity index (χ1v) is 7.27. The van der Waals surface area contributed by atoms with Crippen LogP contribution in [-0.2, 0) is 11.2 Å². The second-order valence-electron chi connectivity index (χ2n) is 6.89. The van der Waals surface area contributed by atoms with Crippen molar-refractivity contribution in [2.75, 3.05) is 0 Å². The van der Waals surface area contributed by atoms with Gasteiger partial charge in [0.05, 0.1) is 11.6 Å². The molecule has 2 N–H and O–H groups in total. The number of hydrogen-bond acceptors (Lipinski definition) is 3. The molecule has 0 heterocycles. The molecule has 0 aromatic heterocycles. The Morgan fingerprint density at radius 3 is 2.48 bits per heavy atom. The summed E-state index contributed by atoms with van der Waals surface area (Å²) in [5, 5.41) is 13.3. The molecule has 4 heteroatoms. The van der Waals surface area contributed by atoms with Gasteiger partial charge in [-0.2, -0.15) is 0 Å². The summed E-state index contributed by atoms with van der Waals surface area (Å²) in [6, 6.07) is 7.57. The van der Waals surface area contributed by atoms with E-state index in [1.165, 1.54) is 0 Å². The highest BCUT2D eigenvalue weighted by Gasteiger charge is 2.31. The van der Waals surface area contributed by atoms with Crippen LogP contribution in [0.25, 0.3) is 0 Å². The number of amides is 1. The molecule has 0 radical (unpaired) electrons. The molecule has 2 unspecified atom stereocenters. The van der Waals surface area contributed by atoms with Crippen LogP contribution in [0.15, 0.2) is 24.3 Å². The van der Waals surface area contributed by atoms with Crippen molar-refractivity contribution in [3.8, 4) is 0 Å². The van der Waals surface area contributed by atoms with Crippen molar-refractivity contribution in [1.29, 1.82) is 0 Å². The molecule has 0 aliphatic carbocycles. The molecular formula is C17H27NO3. The highest BCUT2D eigenvalue weighted by molar-refractivity contribution is 5.68. The highest BCUT2D eigenvalue weighted by Crippen LogP contribution is 2.18. The van der Waals surface area contributed by atoms with Crippen molar-refractivity contribution in [2.24, 2.45) is 0 Å². The first-order valence-electron chi connectivity index (χ1n) is 7.27. The van der Waals surface area contributed by atoms with Crippen LogP contribution >= 0.6 is 0 Å². The molecule has 0 aliphatic rings. The van der Waals surface area contributed by atoms with Crippen LogP contribution in [0.3, 0.4) is 0 Å². The fourth-order valence-corrected chi connectivity index (χ4v) is 2.03. The van der Waals surface area contributed by atoms with E-state index in [1.54, 1.807) is 13.8 Å². The maximum absolute atomic E-state index is 11.8. The Bertz CT molecular complexity index is 489. The Morgan fingerprint density at radius 2 is 1.95 bits per heavy atom. The number of carbonyl (C=O) groups excluding carboxylic acids is 1. The maximum atomic E-state index is 11.8. The standard InChI is InChI=1S/C17H27NO3/c1-12-8-7-9-14(10-12)11-17(6,20)13(2)18-15(19)21-16(3,4)5/h7-10,13,20H,11H2,1-6H3,(H,18,19). The minimum atomic E-state index is -1.05. The van der Waals surface area contributed by atoms with Gasteiger partial charge in [0.2, 0.25) is 0 Å². The molecule has 118 valence electrons. The molecule has 0 saturated heterocycles. The lowest BCUT2D eigenvalue weighted by atomic mass is 9.89. The van der Waals surface area contributed by atoms with Gasteiger partial charge in [0, 0.05) is 6.42 Å². The fraction of sp³-hybridized carbons (Fsp3) is 0.588. The number of rotatable bonds is 4. The molecule has 1 rings (SSSR count). The van der Waals surface area contributed by atoms with E-state index >= 15 is 0 Å². The van der Waals surface area contributed by atoms with E-state index in [2.05, 4.69) is 5.32 Å². The third-order valence-electron chi connectivity index (χ3n) is 3.31. The Hall–Kier alpha value is -1.55. The summed E-state index contributed by atoms with van der Waals surface area (Å²) in [5.74, 6) is 0. The number of aliphatic hydroxyl groups is 1. The van der Waals surface area contributed by atoms with Crippen molar-refractivity contribution in [3.05, 3.63) is 35.4 Å². The number of nitrogens with one attached hydrogen (secondary N) is 1. The Kier molecular flexibility index (Phi) is 5.40. The summed E-state index contributed by atoms with van der Waals surface area (Å²) < 4.78 is 5.21. The second-order valence-corrected chi connectivity index (χ2v) is 6.89. The van der Waals surface area contributed by atoms with Crippen molar-refractivity contribution >= 4 is 6.09 Å². The first-order chi connectivity index (χ1) is 9.49. The third-order valence-corrected chi connectivity index (χ3v) is 3.31. The predicted molar refractivity (Wildman–Crippen MR) is 84.3 cm³/mol. The third kappa shape index (κ3) is 6.17. The molecule has 1 amide bonds. The minimum Gasteiger partial charge on any atom is -0.444 e. The largest absolute Gasteiger partial charge is 0.444 e. The van der Waals surface area contributed by atoms with Gasteiger partial charge in [-0.15, -0.1) is 0 Å². The molecule has 0 saturated carbocycles. The van der Waals surface area contributed by atoms with Gasteiger partial charge in [-0.3, -0.25) is 0 Å². The van der Waals surface area contributed by atoms with Gasteiger partial charge in [-0.25, -0.2) is 4.79 Å². The van der Waals surface area contributed by atoms with E-state index in [0.717, 1.165) is 11.1 Å². The van der Waals surface area contributed by atoms with Crippen LogP contribution < -0.4 is 5.32 Å². The molecule has 0 bridgehead atoms. The molecule has 2 atom stereocenters. The van der Waals surface area contributed by atoms with Crippen LogP contribution in [0.2, 0.25) is 0 Å². The van der Waals surface area contributed by atoms with Crippen LogP contribution in [0.5, 0.6) is 0 Å². The van der Waals surface area contributed by atoms with E-state index in [1.807, 2.05) is 52.0 Å². The lowest BCUT2D eigenvalue weighted by Crippen LogP contribution is -2.51. The van der Waals surface area contributed by atoms with Crippen LogP contribution in [0.1, 0.15) is 45.7 Å². The lowest BCUT2D eigenvalue weighted by molar-refractivity contribution is 0.0107. The molecule has 1 aromatic carbocycles. The van der Waals surface area contributed by atoms with E-state index < -0.39 is 23.3 Å². The zero-order chi connectivity index (χ0) is 16.3. The molecule has 0 fully saturated rings. The number of aryl methyl sites for hydroxylation is 1. The second kappa shape index (κ2) is 6.48. The number of hydrogen-bond donors (Lipinski definition) is 2. The number of benzene rings is 1. The van der Waals surface area contributed by atoms with Gasteiger partial charge < -0.3 is 15.2 Å². The Morgan fingerprint density at radius 1 is 1.33 bits per heavy atom. The topological polar surface area (TPSA) is 58.6 Å². The predicted octanol–water partition coefficient (Wildman–Crippen LogP) is 3.20. The Balaban J connectivity index is 2.66. The molecule has 21 heavy (non-hydrogen) atoms. The zero-order valence-corrected chi connectivity index (χ0v) is 13.9. The zero-order valence-electron chi connectivity index (χ0n) is 13.9. The number of alkyl carbamates (subject to hydrolysis) is 1. The maximum Gasteiger partial charge on any atom is 0.407 e. The van der Waals surface area contributed by atoms with E-state index in [-0.39, 0.29) is 0 Å². The normalized spacial score (nSPS) is 16.0. The monoisotopic (exact) mass is 293 g/mol. The van der Waals surface area contributed by atoms with Gasteiger partial charge in [0.15, 0.2) is 0 Å². The Labute approximate surface area is 127 Å². The van der Waals surface area contributed by atoms with Crippen molar-refractivity contribution < 1.29 is 14.6 Å². The van der Waals surface area contributed by atoms with Crippen LogP contribution in [-0.4, -0.2) is 28.4 Å². The molecule has 1 aromatic rings. The SMILES string of the molecule is Cc1cccc(CC(C)(O)C(C)NC(=O)OC(C)(C)C)c1. The van der Waals surface area contributed by atoms with E-state index in [0.29, 0.717) is 6.42 Å². The summed E-state index contributed by atoms with van der Waals surface area (Å²) in [6.07, 6.45) is -0.0504. The van der Waals surface area contributed by atoms with Crippen molar-refractivity contribution in [1.82, 2.24) is 5.32 Å². The quantitative estimate of drug-likeness (QED) is 0.896. The average Bonchev–Trinajstić information content (AvgIpc) is 2.25. The smallest absolute Gasteiger partial charge is 0.407 e. The summed E-state index contributed by atoms with van der Waals surface area (Å²) in [6.45, 7) is 10.9. The van der Waals surface area contributed by atoms with Gasteiger partial charge >= 0.3 is 6.09 Å². The number of carbonyl (C=O) groups is 1. The van der Waals surface area contributed by atoms with Crippen LogP contribution in [0.4, 0.5) is 4.79 Å². The van der Waals surface area contributed by atoms with Crippen LogP contribution in [0, 0.1) is 6.92 Å². The van der Waals surface area contributed by atoms with Gasteiger partial charge in [0.25, 0.3) is 0 Å². The van der Waals surface area contributed by atoms with Gasteiger partial charge in [-0.1, -0.05) is 29.8 Å². The average molecular weight is 293 g/mol. The van der Waals surface area contributed by atoms with E-state index in [4.69, 9.17) is 4.74 Å². The molecule has 4 nitrogen and oxygen atoms in total. The number of ether oxygens (including phenoxy) is 1. The molecule has 0 spiro atoms. The fourth-order valence-electron chi connectivity index (χ4n) is 2.03. The summed E-state index contributed by atoms with van der Waals surface area (Å²) in [4.78, 5) is 11.8. The van der Waals surface area contributed by atoms with Crippen molar-refractivity contribution in [3.63, 3.8) is 0 Å². The highest BCUT2D eigenvalue weighted by atomic mass is 16.6. The van der Waals surface area contributed by atoms with Gasteiger partial charge in [0.1, 0.15) is 5.60 Å². The minimum absolute atomic E-state index is 0.423.